The van der Waals surface area contributed by atoms with E-state index >= 15 is 0 Å². The molecule has 0 aromatic heterocycles. The Morgan fingerprint density at radius 3 is 2.67 bits per heavy atom. The standard InChI is InChI=1S/C6H13O2P/c1-2-3-4-5-6-9(7)8/h2,9H,1,3-6H2,(H,7,8). The van der Waals surface area contributed by atoms with Crippen molar-refractivity contribution >= 4 is 8.03 Å². The van der Waals surface area contributed by atoms with Crippen molar-refractivity contribution in [3.05, 3.63) is 12.7 Å². The Kier molecular flexibility index (Phi) is 6.01. The first-order valence-corrected chi connectivity index (χ1v) is 4.66. The topological polar surface area (TPSA) is 37.3 Å². The van der Waals surface area contributed by atoms with Gasteiger partial charge in [0.1, 0.15) is 0 Å². The summed E-state index contributed by atoms with van der Waals surface area (Å²) in [5.41, 5.74) is 0. The van der Waals surface area contributed by atoms with Crippen molar-refractivity contribution in [2.24, 2.45) is 0 Å². The van der Waals surface area contributed by atoms with Crippen LogP contribution in [0.25, 0.3) is 0 Å². The molecule has 0 bridgehead atoms. The summed E-state index contributed by atoms with van der Waals surface area (Å²) in [6.45, 7) is 3.55. The predicted molar refractivity (Wildman–Crippen MR) is 40.1 cm³/mol. The van der Waals surface area contributed by atoms with E-state index in [1.165, 1.54) is 0 Å². The van der Waals surface area contributed by atoms with Crippen molar-refractivity contribution in [3.63, 3.8) is 0 Å². The Bertz CT molecular complexity index is 101. The molecular formula is C6H13O2P. The van der Waals surface area contributed by atoms with Crippen LogP contribution in [-0.2, 0) is 4.57 Å². The molecule has 0 aromatic carbocycles. The van der Waals surface area contributed by atoms with Crippen LogP contribution in [0.2, 0.25) is 0 Å². The molecule has 0 amide bonds. The Hall–Kier alpha value is -0.0700. The van der Waals surface area contributed by atoms with Crippen LogP contribution in [-0.4, -0.2) is 11.1 Å². The lowest BCUT2D eigenvalue weighted by molar-refractivity contribution is 0.500. The molecule has 0 rings (SSSR count). The third-order valence-electron chi connectivity index (χ3n) is 1.05. The van der Waals surface area contributed by atoms with Crippen LogP contribution < -0.4 is 0 Å². The number of hydrogen-bond acceptors (Lipinski definition) is 1. The van der Waals surface area contributed by atoms with E-state index in [0.29, 0.717) is 6.16 Å². The van der Waals surface area contributed by atoms with Crippen LogP contribution in [0.4, 0.5) is 0 Å². The highest BCUT2D eigenvalue weighted by molar-refractivity contribution is 7.37. The molecule has 0 saturated heterocycles. The molecule has 0 aromatic rings. The maximum absolute atomic E-state index is 10.1. The SMILES string of the molecule is C=CCCCC[PH](=O)O. The van der Waals surface area contributed by atoms with E-state index in [2.05, 4.69) is 6.58 Å². The second-order valence-electron chi connectivity index (χ2n) is 1.93. The third-order valence-corrected chi connectivity index (χ3v) is 1.83. The van der Waals surface area contributed by atoms with Crippen LogP contribution >= 0.6 is 8.03 Å². The summed E-state index contributed by atoms with van der Waals surface area (Å²) in [5.74, 6) is 0. The zero-order chi connectivity index (χ0) is 7.11. The molecule has 0 saturated carbocycles. The Morgan fingerprint density at radius 1 is 1.56 bits per heavy atom. The van der Waals surface area contributed by atoms with E-state index in [4.69, 9.17) is 4.89 Å². The number of unbranched alkanes of at least 4 members (excludes halogenated alkanes) is 2. The quantitative estimate of drug-likeness (QED) is 0.366. The predicted octanol–water partition coefficient (Wildman–Crippen LogP) is 1.81. The second-order valence-corrected chi connectivity index (χ2v) is 3.22. The van der Waals surface area contributed by atoms with Crippen LogP contribution in [0.3, 0.4) is 0 Å². The largest absolute Gasteiger partial charge is 0.346 e. The smallest absolute Gasteiger partial charge is 0.189 e. The molecule has 0 heterocycles. The molecule has 2 nitrogen and oxygen atoms in total. The van der Waals surface area contributed by atoms with Gasteiger partial charge in [-0.05, 0) is 19.3 Å². The molecule has 1 N–H and O–H groups in total. The first kappa shape index (κ1) is 8.93. The van der Waals surface area contributed by atoms with Gasteiger partial charge >= 0.3 is 0 Å². The number of allylic oxidation sites excluding steroid dienone is 1. The first-order chi connectivity index (χ1) is 4.27. The van der Waals surface area contributed by atoms with Crippen molar-refractivity contribution in [1.82, 2.24) is 0 Å². The summed E-state index contributed by atoms with van der Waals surface area (Å²) in [6, 6.07) is 0. The lowest BCUT2D eigenvalue weighted by atomic mass is 10.2. The van der Waals surface area contributed by atoms with Gasteiger partial charge in [-0.3, -0.25) is 4.57 Å². The zero-order valence-corrected chi connectivity index (χ0v) is 6.47. The minimum Gasteiger partial charge on any atom is -0.346 e. The monoisotopic (exact) mass is 148 g/mol. The van der Waals surface area contributed by atoms with Gasteiger partial charge in [0.25, 0.3) is 0 Å². The second kappa shape index (κ2) is 6.06. The number of hydrogen-bond donors (Lipinski definition) is 1. The fourth-order valence-electron chi connectivity index (χ4n) is 0.565. The molecule has 3 heteroatoms. The Labute approximate surface area is 56.5 Å². The van der Waals surface area contributed by atoms with Crippen molar-refractivity contribution in [3.8, 4) is 0 Å². The van der Waals surface area contributed by atoms with E-state index < -0.39 is 8.03 Å². The van der Waals surface area contributed by atoms with Crippen LogP contribution in [0.15, 0.2) is 12.7 Å². The Morgan fingerprint density at radius 2 is 2.22 bits per heavy atom. The molecule has 1 unspecified atom stereocenters. The lowest BCUT2D eigenvalue weighted by Gasteiger charge is -1.92. The van der Waals surface area contributed by atoms with Gasteiger partial charge in [-0.25, -0.2) is 0 Å². The van der Waals surface area contributed by atoms with E-state index in [9.17, 15) is 4.57 Å². The van der Waals surface area contributed by atoms with Gasteiger partial charge in [0, 0.05) is 6.16 Å². The fraction of sp³-hybridized carbons (Fsp3) is 0.667. The molecular weight excluding hydrogens is 135 g/mol. The zero-order valence-electron chi connectivity index (χ0n) is 5.47. The van der Waals surface area contributed by atoms with E-state index in [1.807, 2.05) is 6.08 Å². The fourth-order valence-corrected chi connectivity index (χ4v) is 1.12. The van der Waals surface area contributed by atoms with Crippen molar-refractivity contribution < 1.29 is 9.46 Å². The van der Waals surface area contributed by atoms with Crippen molar-refractivity contribution in [2.45, 2.75) is 19.3 Å². The van der Waals surface area contributed by atoms with Crippen molar-refractivity contribution in [2.75, 3.05) is 6.16 Å². The van der Waals surface area contributed by atoms with Gasteiger partial charge in [0.15, 0.2) is 8.03 Å². The minimum atomic E-state index is -2.20. The van der Waals surface area contributed by atoms with Crippen LogP contribution in [0, 0.1) is 0 Å². The van der Waals surface area contributed by atoms with Gasteiger partial charge < -0.3 is 4.89 Å². The molecule has 0 aliphatic rings. The van der Waals surface area contributed by atoms with E-state index in [0.717, 1.165) is 19.3 Å². The highest BCUT2D eigenvalue weighted by Gasteiger charge is 1.90. The summed E-state index contributed by atoms with van der Waals surface area (Å²) in [4.78, 5) is 8.37. The van der Waals surface area contributed by atoms with Gasteiger partial charge in [-0.2, -0.15) is 0 Å². The molecule has 0 radical (unpaired) electrons. The maximum Gasteiger partial charge on any atom is 0.189 e. The molecule has 0 aliphatic heterocycles. The van der Waals surface area contributed by atoms with Gasteiger partial charge in [0.2, 0.25) is 0 Å². The highest BCUT2D eigenvalue weighted by Crippen LogP contribution is 2.15. The highest BCUT2D eigenvalue weighted by atomic mass is 31.1. The Balaban J connectivity index is 2.91. The van der Waals surface area contributed by atoms with Crippen LogP contribution in [0.1, 0.15) is 19.3 Å². The number of rotatable bonds is 5. The average molecular weight is 148 g/mol. The first-order valence-electron chi connectivity index (χ1n) is 3.10. The summed E-state index contributed by atoms with van der Waals surface area (Å²) >= 11 is 0. The molecule has 0 aliphatic carbocycles. The van der Waals surface area contributed by atoms with E-state index in [-0.39, 0.29) is 0 Å². The summed E-state index contributed by atoms with van der Waals surface area (Å²) in [5, 5.41) is 0. The third kappa shape index (κ3) is 7.93. The van der Waals surface area contributed by atoms with Gasteiger partial charge in [-0.1, -0.05) is 6.08 Å². The minimum absolute atomic E-state index is 0.471. The van der Waals surface area contributed by atoms with E-state index in [1.54, 1.807) is 0 Å². The average Bonchev–Trinajstić information content (AvgIpc) is 1.80. The summed E-state index contributed by atoms with van der Waals surface area (Å²) in [7, 11) is -2.20. The van der Waals surface area contributed by atoms with Crippen LogP contribution in [0.5, 0.6) is 0 Å². The normalized spacial score (nSPS) is 13.0. The van der Waals surface area contributed by atoms with Gasteiger partial charge in [0.05, 0.1) is 0 Å². The molecule has 9 heavy (non-hydrogen) atoms. The molecule has 1 atom stereocenters. The molecule has 0 fully saturated rings. The lowest BCUT2D eigenvalue weighted by Crippen LogP contribution is -1.77. The van der Waals surface area contributed by atoms with Gasteiger partial charge in [-0.15, -0.1) is 6.58 Å². The maximum atomic E-state index is 10.1. The molecule has 0 spiro atoms. The molecule has 54 valence electrons. The summed E-state index contributed by atoms with van der Waals surface area (Å²) < 4.78 is 10.1. The summed E-state index contributed by atoms with van der Waals surface area (Å²) in [6.07, 6.45) is 5.09. The van der Waals surface area contributed by atoms with Crippen molar-refractivity contribution in [1.29, 1.82) is 0 Å².